The summed E-state index contributed by atoms with van der Waals surface area (Å²) >= 11 is 0. The van der Waals surface area contributed by atoms with Gasteiger partial charge in [-0.3, -0.25) is 9.78 Å². The Morgan fingerprint density at radius 2 is 2.18 bits per heavy atom. The molecule has 22 heavy (non-hydrogen) atoms. The van der Waals surface area contributed by atoms with Crippen molar-refractivity contribution in [3.8, 4) is 0 Å². The normalized spacial score (nSPS) is 22.6. The van der Waals surface area contributed by atoms with Gasteiger partial charge in [0.05, 0.1) is 18.3 Å². The molecule has 0 bridgehead atoms. The molecular weight excluding hydrogens is 278 g/mol. The van der Waals surface area contributed by atoms with Crippen LogP contribution in [0.15, 0.2) is 24.4 Å². The number of hydrogen-bond donors (Lipinski definition) is 1. The van der Waals surface area contributed by atoms with Crippen molar-refractivity contribution in [3.05, 3.63) is 30.1 Å². The molecule has 1 unspecified atom stereocenters. The topological polar surface area (TPSA) is 54.5 Å². The van der Waals surface area contributed by atoms with Crippen LogP contribution in [0, 0.1) is 5.92 Å². The van der Waals surface area contributed by atoms with Gasteiger partial charge in [0.15, 0.2) is 0 Å². The second-order valence-corrected chi connectivity index (χ2v) is 6.20. The minimum Gasteiger partial charge on any atom is -0.376 e. The van der Waals surface area contributed by atoms with Crippen molar-refractivity contribution in [1.82, 2.24) is 15.2 Å². The number of amides is 1. The van der Waals surface area contributed by atoms with Gasteiger partial charge in [-0.05, 0) is 50.9 Å². The van der Waals surface area contributed by atoms with E-state index in [4.69, 9.17) is 4.74 Å². The standard InChI is InChI=1S/C17H25N3O2/c21-17(14-6-9-18-10-7-14)20(13-16-5-3-11-22-16)12-15-4-1-2-8-19-15/h1-2,4,8,14,16,18H,3,5-7,9-13H2. The first-order valence-electron chi connectivity index (χ1n) is 8.34. The van der Waals surface area contributed by atoms with Crippen molar-refractivity contribution in [1.29, 1.82) is 0 Å². The molecule has 5 nitrogen and oxygen atoms in total. The molecule has 0 aliphatic carbocycles. The van der Waals surface area contributed by atoms with Gasteiger partial charge in [0.2, 0.25) is 5.91 Å². The molecule has 1 amide bonds. The van der Waals surface area contributed by atoms with E-state index in [-0.39, 0.29) is 17.9 Å². The van der Waals surface area contributed by atoms with Crippen molar-refractivity contribution in [2.45, 2.75) is 38.3 Å². The van der Waals surface area contributed by atoms with Crippen molar-refractivity contribution >= 4 is 5.91 Å². The lowest BCUT2D eigenvalue weighted by molar-refractivity contribution is -0.138. The summed E-state index contributed by atoms with van der Waals surface area (Å²) in [6.07, 6.45) is 6.00. The number of piperidine rings is 1. The van der Waals surface area contributed by atoms with Crippen molar-refractivity contribution in [2.75, 3.05) is 26.2 Å². The summed E-state index contributed by atoms with van der Waals surface area (Å²) in [7, 11) is 0. The van der Waals surface area contributed by atoms with Crippen LogP contribution in [-0.2, 0) is 16.1 Å². The summed E-state index contributed by atoms with van der Waals surface area (Å²) in [4.78, 5) is 19.2. The third-order valence-electron chi connectivity index (χ3n) is 4.53. The van der Waals surface area contributed by atoms with Gasteiger partial charge in [-0.25, -0.2) is 0 Å². The molecule has 0 radical (unpaired) electrons. The van der Waals surface area contributed by atoms with E-state index in [1.54, 1.807) is 6.20 Å². The largest absolute Gasteiger partial charge is 0.376 e. The maximum Gasteiger partial charge on any atom is 0.226 e. The molecule has 1 N–H and O–H groups in total. The number of aromatic nitrogens is 1. The lowest BCUT2D eigenvalue weighted by atomic mass is 9.96. The quantitative estimate of drug-likeness (QED) is 0.897. The van der Waals surface area contributed by atoms with E-state index >= 15 is 0 Å². The molecule has 3 rings (SSSR count). The van der Waals surface area contributed by atoms with Crippen LogP contribution in [0.4, 0.5) is 0 Å². The van der Waals surface area contributed by atoms with E-state index < -0.39 is 0 Å². The summed E-state index contributed by atoms with van der Waals surface area (Å²) in [5, 5.41) is 3.32. The van der Waals surface area contributed by atoms with Crippen LogP contribution in [0.25, 0.3) is 0 Å². The molecule has 0 aromatic carbocycles. The Hall–Kier alpha value is -1.46. The third-order valence-corrected chi connectivity index (χ3v) is 4.53. The molecule has 120 valence electrons. The van der Waals surface area contributed by atoms with Gasteiger partial charge < -0.3 is 15.0 Å². The summed E-state index contributed by atoms with van der Waals surface area (Å²) < 4.78 is 5.73. The van der Waals surface area contributed by atoms with Gasteiger partial charge in [-0.1, -0.05) is 6.07 Å². The predicted octanol–water partition coefficient (Wildman–Crippen LogP) is 1.59. The first kappa shape index (κ1) is 15.4. The molecule has 2 aliphatic rings. The molecule has 1 atom stereocenters. The Morgan fingerprint density at radius 3 is 2.86 bits per heavy atom. The summed E-state index contributed by atoms with van der Waals surface area (Å²) in [6.45, 7) is 3.98. The zero-order chi connectivity index (χ0) is 15.2. The Morgan fingerprint density at radius 1 is 1.32 bits per heavy atom. The fraction of sp³-hybridized carbons (Fsp3) is 0.647. The molecule has 0 spiro atoms. The van der Waals surface area contributed by atoms with Gasteiger partial charge >= 0.3 is 0 Å². The van der Waals surface area contributed by atoms with Gasteiger partial charge in [-0.2, -0.15) is 0 Å². The van der Waals surface area contributed by atoms with Crippen LogP contribution in [0.5, 0.6) is 0 Å². The molecule has 5 heteroatoms. The third kappa shape index (κ3) is 4.05. The molecule has 1 aromatic heterocycles. The van der Waals surface area contributed by atoms with Crippen LogP contribution >= 0.6 is 0 Å². The zero-order valence-electron chi connectivity index (χ0n) is 13.0. The van der Waals surface area contributed by atoms with E-state index in [9.17, 15) is 4.79 Å². The highest BCUT2D eigenvalue weighted by Gasteiger charge is 2.29. The monoisotopic (exact) mass is 303 g/mol. The van der Waals surface area contributed by atoms with E-state index in [0.717, 1.165) is 51.1 Å². The second kappa shape index (κ2) is 7.70. The lowest BCUT2D eigenvalue weighted by Crippen LogP contribution is -2.43. The summed E-state index contributed by atoms with van der Waals surface area (Å²) in [5.41, 5.74) is 0.947. The van der Waals surface area contributed by atoms with Crippen LogP contribution in [0.3, 0.4) is 0 Å². The van der Waals surface area contributed by atoms with Crippen LogP contribution in [0.1, 0.15) is 31.4 Å². The number of nitrogens with zero attached hydrogens (tertiary/aromatic N) is 2. The molecule has 3 heterocycles. The average Bonchev–Trinajstić information content (AvgIpc) is 3.08. The molecular formula is C17H25N3O2. The molecule has 2 aliphatic heterocycles. The first-order chi connectivity index (χ1) is 10.8. The van der Waals surface area contributed by atoms with Crippen LogP contribution in [-0.4, -0.2) is 48.1 Å². The van der Waals surface area contributed by atoms with E-state index in [2.05, 4.69) is 10.3 Å². The number of hydrogen-bond acceptors (Lipinski definition) is 4. The Labute approximate surface area is 132 Å². The van der Waals surface area contributed by atoms with E-state index in [1.807, 2.05) is 23.1 Å². The Balaban J connectivity index is 1.67. The highest BCUT2D eigenvalue weighted by molar-refractivity contribution is 5.79. The Kier molecular flexibility index (Phi) is 5.40. The number of ether oxygens (including phenoxy) is 1. The summed E-state index contributed by atoms with van der Waals surface area (Å²) in [5.74, 6) is 0.411. The minimum atomic E-state index is 0.145. The van der Waals surface area contributed by atoms with E-state index in [1.165, 1.54) is 0 Å². The van der Waals surface area contributed by atoms with Gasteiger partial charge in [0, 0.05) is 25.3 Å². The van der Waals surface area contributed by atoms with Crippen molar-refractivity contribution < 1.29 is 9.53 Å². The van der Waals surface area contributed by atoms with Gasteiger partial charge in [0.25, 0.3) is 0 Å². The van der Waals surface area contributed by atoms with Crippen LogP contribution in [0.2, 0.25) is 0 Å². The highest BCUT2D eigenvalue weighted by Crippen LogP contribution is 2.20. The number of carbonyl (C=O) groups is 1. The highest BCUT2D eigenvalue weighted by atomic mass is 16.5. The minimum absolute atomic E-state index is 0.145. The number of nitrogens with one attached hydrogen (secondary N) is 1. The van der Waals surface area contributed by atoms with Crippen molar-refractivity contribution in [3.63, 3.8) is 0 Å². The summed E-state index contributed by atoms with van der Waals surface area (Å²) in [6, 6.07) is 5.86. The predicted molar refractivity (Wildman–Crippen MR) is 84.2 cm³/mol. The maximum absolute atomic E-state index is 12.9. The number of pyridine rings is 1. The first-order valence-corrected chi connectivity index (χ1v) is 8.34. The fourth-order valence-electron chi connectivity index (χ4n) is 3.28. The van der Waals surface area contributed by atoms with Crippen molar-refractivity contribution in [2.24, 2.45) is 5.92 Å². The van der Waals surface area contributed by atoms with Gasteiger partial charge in [-0.15, -0.1) is 0 Å². The lowest BCUT2D eigenvalue weighted by Gasteiger charge is -2.31. The zero-order valence-corrected chi connectivity index (χ0v) is 13.0. The molecule has 1 aromatic rings. The van der Waals surface area contributed by atoms with E-state index in [0.29, 0.717) is 13.1 Å². The maximum atomic E-state index is 12.9. The van der Waals surface area contributed by atoms with Crippen LogP contribution < -0.4 is 5.32 Å². The number of rotatable bonds is 5. The Bertz CT molecular complexity index is 468. The SMILES string of the molecule is O=C(C1CCNCC1)N(Cc1ccccn1)CC1CCCO1. The average molecular weight is 303 g/mol. The molecule has 2 fully saturated rings. The number of carbonyl (C=O) groups excluding carboxylic acids is 1. The second-order valence-electron chi connectivity index (χ2n) is 6.20. The van der Waals surface area contributed by atoms with Gasteiger partial charge in [0.1, 0.15) is 0 Å². The smallest absolute Gasteiger partial charge is 0.226 e. The molecule has 0 saturated carbocycles. The fourth-order valence-corrected chi connectivity index (χ4v) is 3.28. The molecule has 2 saturated heterocycles.